The number of anilines is 1. The lowest BCUT2D eigenvalue weighted by Gasteiger charge is -2.51. The molecule has 43 heavy (non-hydrogen) atoms. The van der Waals surface area contributed by atoms with Crippen molar-refractivity contribution in [3.05, 3.63) is 59.8 Å². The molecule has 0 aliphatic heterocycles. The molecule has 7 rings (SSSR count). The molecule has 1 N–H and O–H groups in total. The number of aliphatic carboxylic acids is 1. The van der Waals surface area contributed by atoms with Crippen LogP contribution in [0.2, 0.25) is 0 Å². The van der Waals surface area contributed by atoms with Crippen LogP contribution in [0.25, 0.3) is 10.4 Å². The van der Waals surface area contributed by atoms with Crippen molar-refractivity contribution < 1.29 is 24.2 Å². The number of fused-ring (bicyclic) bond motifs is 3. The Morgan fingerprint density at radius 1 is 0.953 bits per heavy atom. The number of amides is 1. The number of thiazole rings is 1. The number of carbonyl (C=O) groups excluding carboxylic acids is 1. The van der Waals surface area contributed by atoms with Crippen LogP contribution in [-0.4, -0.2) is 42.7 Å². The van der Waals surface area contributed by atoms with E-state index in [4.69, 9.17) is 9.47 Å². The van der Waals surface area contributed by atoms with Crippen molar-refractivity contribution in [2.75, 3.05) is 25.7 Å². The van der Waals surface area contributed by atoms with Crippen molar-refractivity contribution in [3.8, 4) is 21.4 Å². The number of ether oxygens (including phenoxy) is 2. The third-order valence-corrected chi connectivity index (χ3v) is 11.7. The van der Waals surface area contributed by atoms with E-state index >= 15 is 0 Å². The van der Waals surface area contributed by atoms with Gasteiger partial charge in [-0.15, -0.1) is 0 Å². The maximum absolute atomic E-state index is 14.6. The van der Waals surface area contributed by atoms with Gasteiger partial charge in [-0.2, -0.15) is 0 Å². The number of carboxylic acids is 1. The minimum Gasteiger partial charge on any atom is -0.496 e. The van der Waals surface area contributed by atoms with Crippen LogP contribution in [-0.2, 0) is 9.59 Å². The molecule has 0 unspecified atom stereocenters. The van der Waals surface area contributed by atoms with Crippen LogP contribution in [0.4, 0.5) is 5.69 Å². The number of methoxy groups -OCH3 is 2. The lowest BCUT2D eigenvalue weighted by molar-refractivity contribution is -0.162. The Labute approximate surface area is 258 Å². The highest BCUT2D eigenvalue weighted by atomic mass is 32.1. The van der Waals surface area contributed by atoms with E-state index in [9.17, 15) is 14.7 Å². The monoisotopic (exact) mass is 602 g/mol. The molecule has 8 heteroatoms. The number of rotatable bonds is 9. The minimum atomic E-state index is -0.693. The van der Waals surface area contributed by atoms with Gasteiger partial charge in [0, 0.05) is 23.8 Å². The second-order valence-corrected chi connectivity index (χ2v) is 14.0. The lowest BCUT2D eigenvalue weighted by Crippen LogP contribution is -2.54. The van der Waals surface area contributed by atoms with Crippen molar-refractivity contribution in [2.45, 2.75) is 77.0 Å². The lowest BCUT2D eigenvalue weighted by atomic mass is 9.53. The normalized spacial score (nSPS) is 26.6. The van der Waals surface area contributed by atoms with Crippen molar-refractivity contribution in [1.29, 1.82) is 0 Å². The molecule has 0 spiro atoms. The highest BCUT2D eigenvalue weighted by Crippen LogP contribution is 2.58. The summed E-state index contributed by atoms with van der Waals surface area (Å²) in [6.45, 7) is 2.79. The number of carbonyl (C=O) groups is 2. The van der Waals surface area contributed by atoms with Gasteiger partial charge in [0.1, 0.15) is 5.75 Å². The summed E-state index contributed by atoms with van der Waals surface area (Å²) in [7, 11) is 3.34. The molecule has 1 aromatic heterocycles. The van der Waals surface area contributed by atoms with Crippen molar-refractivity contribution >= 4 is 28.9 Å². The van der Waals surface area contributed by atoms with E-state index in [1.807, 2.05) is 12.3 Å². The zero-order valence-electron chi connectivity index (χ0n) is 25.4. The number of hydrogen-bond acceptors (Lipinski definition) is 6. The Balaban J connectivity index is 1.24. The minimum absolute atomic E-state index is 0.179. The summed E-state index contributed by atoms with van der Waals surface area (Å²) in [4.78, 5) is 34.1. The van der Waals surface area contributed by atoms with Gasteiger partial charge in [0.05, 0.1) is 24.5 Å². The largest absolute Gasteiger partial charge is 0.496 e. The maximum Gasteiger partial charge on any atom is 0.309 e. The maximum atomic E-state index is 14.6. The number of nitrogens with zero attached hydrogens (tertiary/aromatic N) is 2. The molecule has 0 atom stereocenters. The zero-order chi connectivity index (χ0) is 30.2. The summed E-state index contributed by atoms with van der Waals surface area (Å²) in [5.74, 6) is 1.35. The topological polar surface area (TPSA) is 89.0 Å². The molecule has 1 amide bonds. The summed E-state index contributed by atoms with van der Waals surface area (Å²) < 4.78 is 10.8. The number of aryl methyl sites for hydroxylation is 1. The summed E-state index contributed by atoms with van der Waals surface area (Å²) in [6, 6.07) is 14.8. The first-order valence-electron chi connectivity index (χ1n) is 15.6. The second-order valence-electron chi connectivity index (χ2n) is 13.0. The second kappa shape index (κ2) is 11.9. The Morgan fingerprint density at radius 2 is 1.65 bits per heavy atom. The predicted octanol–water partition coefficient (Wildman–Crippen LogP) is 7.87. The van der Waals surface area contributed by atoms with Crippen molar-refractivity contribution in [3.63, 3.8) is 0 Å². The van der Waals surface area contributed by atoms with E-state index in [1.165, 1.54) is 22.5 Å². The van der Waals surface area contributed by atoms with Gasteiger partial charge in [-0.3, -0.25) is 9.59 Å². The van der Waals surface area contributed by atoms with E-state index in [2.05, 4.69) is 53.2 Å². The quantitative estimate of drug-likeness (QED) is 0.268. The van der Waals surface area contributed by atoms with Crippen LogP contribution < -0.4 is 14.4 Å². The Bertz CT molecular complexity index is 1470. The fraction of sp³-hybridized carbons (Fsp3) is 0.514. The van der Waals surface area contributed by atoms with E-state index in [-0.39, 0.29) is 5.91 Å². The molecule has 0 saturated heterocycles. The highest BCUT2D eigenvalue weighted by molar-refractivity contribution is 7.16. The SMILES string of the molecule is COc1ncc(-c2cccc(N(CC3CCC(c4ccc(OC)c(C)c4)CC3)C(=O)C34CCC(C(=O)O)(CC3)CC4)c2)s1. The molecule has 4 fully saturated rings. The van der Waals surface area contributed by atoms with Gasteiger partial charge in [-0.05, 0) is 118 Å². The van der Waals surface area contributed by atoms with Crippen molar-refractivity contribution in [2.24, 2.45) is 16.7 Å². The zero-order valence-corrected chi connectivity index (χ0v) is 26.3. The summed E-state index contributed by atoms with van der Waals surface area (Å²) in [5, 5.41) is 10.5. The predicted molar refractivity (Wildman–Crippen MR) is 169 cm³/mol. The van der Waals surface area contributed by atoms with Gasteiger partial charge >= 0.3 is 5.97 Å². The standard InChI is InChI=1S/C35H42N2O5S/c1-23-19-26(11-12-29(23)41-2)25-9-7-24(8-10-25)22-37(28-6-4-5-27(20-28)30-21-36-33(42-3)43-30)31(38)34-13-16-35(17-14-34,18-15-34)32(39)40/h4-6,11-12,19-21,24-25H,7-10,13-18,22H2,1-3H3,(H,39,40). The molecule has 2 aromatic carbocycles. The Hall–Kier alpha value is -3.39. The first kappa shape index (κ1) is 29.7. The number of aromatic nitrogens is 1. The first-order valence-corrected chi connectivity index (χ1v) is 16.4. The fourth-order valence-corrected chi connectivity index (χ4v) is 8.55. The van der Waals surface area contributed by atoms with Gasteiger partial charge < -0.3 is 19.5 Å². The molecule has 2 bridgehead atoms. The van der Waals surface area contributed by atoms with Gasteiger partial charge in [-0.25, -0.2) is 4.98 Å². The molecule has 1 heterocycles. The van der Waals surface area contributed by atoms with Gasteiger partial charge in [0.15, 0.2) is 0 Å². The molecule has 4 aliphatic carbocycles. The molecule has 228 valence electrons. The average Bonchev–Trinajstić information content (AvgIpc) is 3.54. The van der Waals surface area contributed by atoms with Gasteiger partial charge in [0.25, 0.3) is 5.19 Å². The van der Waals surface area contributed by atoms with E-state index in [0.717, 1.165) is 47.6 Å². The third-order valence-electron chi connectivity index (χ3n) is 10.7. The summed E-state index contributed by atoms with van der Waals surface area (Å²) in [6.07, 6.45) is 9.91. The smallest absolute Gasteiger partial charge is 0.309 e. The van der Waals surface area contributed by atoms with Crippen LogP contribution in [0.5, 0.6) is 10.9 Å². The van der Waals surface area contributed by atoms with E-state index < -0.39 is 16.8 Å². The molecular weight excluding hydrogens is 560 g/mol. The molecule has 3 aromatic rings. The number of carboxylic acid groups (broad SMARTS) is 1. The molecule has 0 radical (unpaired) electrons. The van der Waals surface area contributed by atoms with Crippen LogP contribution in [0, 0.1) is 23.7 Å². The molecule has 4 saturated carbocycles. The van der Waals surface area contributed by atoms with E-state index in [1.54, 1.807) is 14.2 Å². The Kier molecular flexibility index (Phi) is 8.24. The van der Waals surface area contributed by atoms with Gasteiger partial charge in [-0.1, -0.05) is 35.6 Å². The van der Waals surface area contributed by atoms with Crippen LogP contribution >= 0.6 is 11.3 Å². The summed E-state index contributed by atoms with van der Waals surface area (Å²) >= 11 is 1.49. The summed E-state index contributed by atoms with van der Waals surface area (Å²) in [5.41, 5.74) is 3.36. The highest BCUT2D eigenvalue weighted by Gasteiger charge is 2.56. The van der Waals surface area contributed by atoms with Crippen LogP contribution in [0.3, 0.4) is 0 Å². The molecule has 4 aliphatic rings. The molecular formula is C35H42N2O5S. The van der Waals surface area contributed by atoms with Gasteiger partial charge in [0.2, 0.25) is 5.91 Å². The number of hydrogen-bond donors (Lipinski definition) is 1. The fourth-order valence-electron chi connectivity index (χ4n) is 7.82. The third kappa shape index (κ3) is 5.66. The van der Waals surface area contributed by atoms with E-state index in [0.29, 0.717) is 62.1 Å². The number of benzene rings is 2. The average molecular weight is 603 g/mol. The molecule has 7 nitrogen and oxygen atoms in total. The Morgan fingerprint density at radius 3 is 2.26 bits per heavy atom. The van der Waals surface area contributed by atoms with Crippen molar-refractivity contribution in [1.82, 2.24) is 4.98 Å². The van der Waals surface area contributed by atoms with Crippen LogP contribution in [0.1, 0.15) is 81.3 Å². The van der Waals surface area contributed by atoms with Crippen LogP contribution in [0.15, 0.2) is 48.7 Å². The first-order chi connectivity index (χ1) is 20.8.